The highest BCUT2D eigenvalue weighted by Gasteiger charge is 2.28. The Balaban J connectivity index is 1.69. The van der Waals surface area contributed by atoms with E-state index in [0.29, 0.717) is 23.3 Å². The topological polar surface area (TPSA) is 55.1 Å². The molecule has 23 heavy (non-hydrogen) atoms. The largest absolute Gasteiger partial charge is 0.422 e. The van der Waals surface area contributed by atoms with Gasteiger partial charge in [-0.1, -0.05) is 29.8 Å². The predicted octanol–water partition coefficient (Wildman–Crippen LogP) is 3.88. The van der Waals surface area contributed by atoms with E-state index in [1.807, 2.05) is 32.0 Å². The maximum atomic E-state index is 6.35. The summed E-state index contributed by atoms with van der Waals surface area (Å²) < 4.78 is 5.57. The van der Waals surface area contributed by atoms with E-state index in [2.05, 4.69) is 25.9 Å². The third-order valence-corrected chi connectivity index (χ3v) is 4.64. The van der Waals surface area contributed by atoms with Crippen LogP contribution >= 0.6 is 11.6 Å². The second-order valence-electron chi connectivity index (χ2n) is 5.93. The third-order valence-electron chi connectivity index (χ3n) is 4.29. The van der Waals surface area contributed by atoms with E-state index in [-0.39, 0.29) is 0 Å². The molecule has 6 heteroatoms. The van der Waals surface area contributed by atoms with Crippen molar-refractivity contribution in [1.82, 2.24) is 15.0 Å². The summed E-state index contributed by atoms with van der Waals surface area (Å²) in [5.74, 6) is 2.58. The van der Waals surface area contributed by atoms with Gasteiger partial charge in [0.05, 0.1) is 0 Å². The number of hydrogen-bond donors (Lipinski definition) is 0. The molecule has 3 heterocycles. The first-order chi connectivity index (χ1) is 11.1. The fourth-order valence-electron chi connectivity index (χ4n) is 3.25. The monoisotopic (exact) mass is 328 g/mol. The maximum absolute atomic E-state index is 6.35. The summed E-state index contributed by atoms with van der Waals surface area (Å²) in [7, 11) is 0. The molecule has 1 aliphatic heterocycles. The lowest BCUT2D eigenvalue weighted by Crippen LogP contribution is -2.21. The van der Waals surface area contributed by atoms with Crippen LogP contribution in [0.25, 0.3) is 11.2 Å². The molecule has 0 radical (unpaired) electrons. The number of aryl methyl sites for hydroxylation is 2. The van der Waals surface area contributed by atoms with Gasteiger partial charge in [0.25, 0.3) is 5.71 Å². The van der Waals surface area contributed by atoms with Crippen molar-refractivity contribution in [3.8, 4) is 0 Å². The van der Waals surface area contributed by atoms with Gasteiger partial charge >= 0.3 is 0 Å². The lowest BCUT2D eigenvalue weighted by Gasteiger charge is -2.18. The van der Waals surface area contributed by atoms with Gasteiger partial charge in [0.2, 0.25) is 0 Å². The van der Waals surface area contributed by atoms with Crippen LogP contribution < -0.4 is 4.90 Å². The van der Waals surface area contributed by atoms with E-state index in [9.17, 15) is 0 Å². The van der Waals surface area contributed by atoms with E-state index in [1.54, 1.807) is 0 Å². The van der Waals surface area contributed by atoms with Crippen LogP contribution in [0.1, 0.15) is 29.6 Å². The number of aromatic nitrogens is 3. The van der Waals surface area contributed by atoms with Gasteiger partial charge < -0.3 is 9.32 Å². The average Bonchev–Trinajstić information content (AvgIpc) is 3.12. The number of anilines is 1. The zero-order chi connectivity index (χ0) is 16.0. The van der Waals surface area contributed by atoms with Crippen molar-refractivity contribution in [3.05, 3.63) is 46.6 Å². The van der Waals surface area contributed by atoms with Gasteiger partial charge in [0.1, 0.15) is 5.82 Å². The van der Waals surface area contributed by atoms with Gasteiger partial charge in [-0.2, -0.15) is 4.98 Å². The standard InChI is InChI=1S/C17H17ClN4O/c1-10-19-16(15-17(20-10)23-11(2)21-15)22-8-7-12(9-22)13-5-3-4-6-14(13)18/h3-6,12H,7-9H2,1-2H3/t12-/m1/s1. The van der Waals surface area contributed by atoms with Crippen molar-refractivity contribution in [2.45, 2.75) is 26.2 Å². The van der Waals surface area contributed by atoms with Crippen LogP contribution in [-0.2, 0) is 0 Å². The Bertz CT molecular complexity index is 876. The number of fused-ring (bicyclic) bond motifs is 1. The Hall–Kier alpha value is -2.14. The molecule has 2 aromatic heterocycles. The van der Waals surface area contributed by atoms with Gasteiger partial charge in [-0.3, -0.25) is 0 Å². The van der Waals surface area contributed by atoms with Crippen LogP contribution in [0.3, 0.4) is 0 Å². The molecule has 1 atom stereocenters. The number of hydrogen-bond acceptors (Lipinski definition) is 5. The first-order valence-electron chi connectivity index (χ1n) is 7.73. The highest BCUT2D eigenvalue weighted by molar-refractivity contribution is 6.31. The molecule has 1 aliphatic rings. The molecule has 0 saturated carbocycles. The number of halogens is 1. The molecule has 4 rings (SSSR count). The lowest BCUT2D eigenvalue weighted by molar-refractivity contribution is 0.550. The van der Waals surface area contributed by atoms with Crippen molar-refractivity contribution in [2.24, 2.45) is 0 Å². The van der Waals surface area contributed by atoms with Gasteiger partial charge in [0, 0.05) is 31.0 Å². The molecular formula is C17H17ClN4O. The summed E-state index contributed by atoms with van der Waals surface area (Å²) in [5.41, 5.74) is 2.51. The maximum Gasteiger partial charge on any atom is 0.252 e. The Kier molecular flexibility index (Phi) is 3.45. The molecule has 1 fully saturated rings. The second kappa shape index (κ2) is 5.49. The molecule has 3 aromatic rings. The van der Waals surface area contributed by atoms with E-state index in [0.717, 1.165) is 35.9 Å². The van der Waals surface area contributed by atoms with Gasteiger partial charge in [-0.05, 0) is 25.0 Å². The van der Waals surface area contributed by atoms with E-state index in [1.165, 1.54) is 5.56 Å². The fraction of sp³-hybridized carbons (Fsp3) is 0.353. The lowest BCUT2D eigenvalue weighted by atomic mass is 9.98. The molecule has 0 unspecified atom stereocenters. The van der Waals surface area contributed by atoms with E-state index in [4.69, 9.17) is 16.0 Å². The molecule has 0 N–H and O–H groups in total. The minimum atomic E-state index is 0.405. The Morgan fingerprint density at radius 2 is 2.00 bits per heavy atom. The number of rotatable bonds is 2. The highest BCUT2D eigenvalue weighted by Crippen LogP contribution is 2.35. The van der Waals surface area contributed by atoms with Crippen molar-refractivity contribution < 1.29 is 4.42 Å². The summed E-state index contributed by atoms with van der Waals surface area (Å²) in [6, 6.07) is 8.07. The van der Waals surface area contributed by atoms with Crippen LogP contribution in [0.2, 0.25) is 5.02 Å². The fourth-order valence-corrected chi connectivity index (χ4v) is 3.54. The molecule has 5 nitrogen and oxygen atoms in total. The molecule has 1 aromatic carbocycles. The van der Waals surface area contributed by atoms with Crippen LogP contribution in [0.5, 0.6) is 0 Å². The zero-order valence-corrected chi connectivity index (χ0v) is 13.8. The van der Waals surface area contributed by atoms with E-state index < -0.39 is 0 Å². The molecule has 0 aliphatic carbocycles. The zero-order valence-electron chi connectivity index (χ0n) is 13.1. The quantitative estimate of drug-likeness (QED) is 0.714. The molecule has 118 valence electrons. The highest BCUT2D eigenvalue weighted by atomic mass is 35.5. The van der Waals surface area contributed by atoms with Gasteiger partial charge in [-0.25, -0.2) is 9.97 Å². The number of benzene rings is 1. The van der Waals surface area contributed by atoms with Crippen LogP contribution in [0.15, 0.2) is 28.7 Å². The average molecular weight is 329 g/mol. The SMILES string of the molecule is Cc1nc(N2CC[C@@H](c3ccccc3Cl)C2)c2nc(C)oc2n1. The Morgan fingerprint density at radius 3 is 2.83 bits per heavy atom. The third kappa shape index (κ3) is 2.55. The summed E-state index contributed by atoms with van der Waals surface area (Å²) >= 11 is 6.35. The molecular weight excluding hydrogens is 312 g/mol. The minimum absolute atomic E-state index is 0.405. The Morgan fingerprint density at radius 1 is 1.17 bits per heavy atom. The Labute approximate surface area is 139 Å². The second-order valence-corrected chi connectivity index (χ2v) is 6.34. The summed E-state index contributed by atoms with van der Waals surface area (Å²) in [5, 5.41) is 0.834. The normalized spacial score (nSPS) is 18.0. The molecule has 0 amide bonds. The first-order valence-corrected chi connectivity index (χ1v) is 8.11. The van der Waals surface area contributed by atoms with Crippen LogP contribution in [-0.4, -0.2) is 28.0 Å². The summed E-state index contributed by atoms with van der Waals surface area (Å²) in [6.07, 6.45) is 1.05. The number of nitrogens with zero attached hydrogens (tertiary/aromatic N) is 4. The number of oxazole rings is 1. The summed E-state index contributed by atoms with van der Waals surface area (Å²) in [4.78, 5) is 15.6. The first kappa shape index (κ1) is 14.5. The van der Waals surface area contributed by atoms with Crippen molar-refractivity contribution >= 4 is 28.6 Å². The van der Waals surface area contributed by atoms with Gasteiger partial charge in [0.15, 0.2) is 17.2 Å². The summed E-state index contributed by atoms with van der Waals surface area (Å²) in [6.45, 7) is 5.51. The minimum Gasteiger partial charge on any atom is -0.422 e. The molecule has 1 saturated heterocycles. The van der Waals surface area contributed by atoms with Crippen LogP contribution in [0.4, 0.5) is 5.82 Å². The van der Waals surface area contributed by atoms with Gasteiger partial charge in [-0.15, -0.1) is 0 Å². The molecule has 0 bridgehead atoms. The van der Waals surface area contributed by atoms with Crippen molar-refractivity contribution in [1.29, 1.82) is 0 Å². The van der Waals surface area contributed by atoms with Crippen molar-refractivity contribution in [2.75, 3.05) is 18.0 Å². The van der Waals surface area contributed by atoms with Crippen LogP contribution in [0, 0.1) is 13.8 Å². The predicted molar refractivity (Wildman–Crippen MR) is 90.1 cm³/mol. The molecule has 0 spiro atoms. The smallest absolute Gasteiger partial charge is 0.252 e. The van der Waals surface area contributed by atoms with E-state index >= 15 is 0 Å². The van der Waals surface area contributed by atoms with Crippen molar-refractivity contribution in [3.63, 3.8) is 0 Å².